The number of aryl methyl sites for hydroxylation is 1. The van der Waals surface area contributed by atoms with E-state index < -0.39 is 0 Å². The monoisotopic (exact) mass is 375 g/mol. The van der Waals surface area contributed by atoms with Crippen molar-refractivity contribution in [3.8, 4) is 17.0 Å². The van der Waals surface area contributed by atoms with Crippen molar-refractivity contribution in [1.82, 2.24) is 15.1 Å². The molecule has 0 radical (unpaired) electrons. The zero-order chi connectivity index (χ0) is 19.3. The molecule has 1 aromatic heterocycles. The molecule has 0 spiro atoms. The highest BCUT2D eigenvalue weighted by Crippen LogP contribution is 2.25. The Hall–Kier alpha value is -3.41. The van der Waals surface area contributed by atoms with Gasteiger partial charge in [-0.2, -0.15) is 5.10 Å². The summed E-state index contributed by atoms with van der Waals surface area (Å²) in [6.07, 6.45) is 1.88. The van der Waals surface area contributed by atoms with Crippen LogP contribution >= 0.6 is 0 Å². The average molecular weight is 375 g/mol. The molecule has 6 nitrogen and oxygen atoms in total. The molecule has 0 bridgehead atoms. The zero-order valence-electron chi connectivity index (χ0n) is 15.4. The van der Waals surface area contributed by atoms with Crippen LogP contribution in [0.1, 0.15) is 22.3 Å². The van der Waals surface area contributed by atoms with E-state index in [0.717, 1.165) is 42.0 Å². The minimum absolute atomic E-state index is 0.166. The standard InChI is InChI=1S/C22H21N3O3/c26-21-11-9-19(16-5-2-1-3-6-16)24-25(21)13-12-23-22(27)18-8-10-20-17(15-18)7-4-14-28-20/h1-3,5-6,8-11,15H,4,7,12-14H2,(H,23,27). The van der Waals surface area contributed by atoms with Crippen LogP contribution < -0.4 is 15.6 Å². The Balaban J connectivity index is 1.41. The third-order valence-electron chi connectivity index (χ3n) is 4.72. The number of benzene rings is 2. The largest absolute Gasteiger partial charge is 0.493 e. The molecule has 28 heavy (non-hydrogen) atoms. The molecule has 0 saturated heterocycles. The maximum absolute atomic E-state index is 12.4. The number of carbonyl (C=O) groups is 1. The molecule has 3 aromatic rings. The SMILES string of the molecule is O=C(NCCn1nc(-c2ccccc2)ccc1=O)c1ccc2c(c1)CCCO2. The summed E-state index contributed by atoms with van der Waals surface area (Å²) in [5.74, 6) is 0.692. The molecule has 2 aromatic carbocycles. The Morgan fingerprint density at radius 2 is 1.96 bits per heavy atom. The summed E-state index contributed by atoms with van der Waals surface area (Å²) < 4.78 is 6.96. The number of amides is 1. The van der Waals surface area contributed by atoms with Gasteiger partial charge in [-0.1, -0.05) is 30.3 Å². The van der Waals surface area contributed by atoms with Gasteiger partial charge in [0.05, 0.1) is 18.8 Å². The number of hydrogen-bond acceptors (Lipinski definition) is 4. The summed E-state index contributed by atoms with van der Waals surface area (Å²) >= 11 is 0. The van der Waals surface area contributed by atoms with Gasteiger partial charge >= 0.3 is 0 Å². The molecule has 1 N–H and O–H groups in total. The first kappa shape index (κ1) is 18.0. The summed E-state index contributed by atoms with van der Waals surface area (Å²) in [5, 5.41) is 7.27. The van der Waals surface area contributed by atoms with Gasteiger partial charge in [-0.05, 0) is 42.7 Å². The predicted molar refractivity (Wildman–Crippen MR) is 107 cm³/mol. The molecule has 1 aliphatic heterocycles. The van der Waals surface area contributed by atoms with Gasteiger partial charge in [0.1, 0.15) is 5.75 Å². The quantitative estimate of drug-likeness (QED) is 0.744. The van der Waals surface area contributed by atoms with E-state index in [1.165, 1.54) is 10.7 Å². The summed E-state index contributed by atoms with van der Waals surface area (Å²) in [6.45, 7) is 1.35. The molecule has 1 aliphatic rings. The molecule has 142 valence electrons. The number of rotatable bonds is 5. The lowest BCUT2D eigenvalue weighted by molar-refractivity contribution is 0.0951. The van der Waals surface area contributed by atoms with Crippen LogP contribution in [-0.4, -0.2) is 28.8 Å². The number of hydrogen-bond donors (Lipinski definition) is 1. The minimum Gasteiger partial charge on any atom is -0.493 e. The fourth-order valence-electron chi connectivity index (χ4n) is 3.25. The maximum atomic E-state index is 12.4. The first-order valence-electron chi connectivity index (χ1n) is 9.38. The van der Waals surface area contributed by atoms with Crippen molar-refractivity contribution in [2.45, 2.75) is 19.4 Å². The van der Waals surface area contributed by atoms with Crippen LogP contribution in [0.2, 0.25) is 0 Å². The van der Waals surface area contributed by atoms with Crippen molar-refractivity contribution in [1.29, 1.82) is 0 Å². The van der Waals surface area contributed by atoms with E-state index in [2.05, 4.69) is 10.4 Å². The summed E-state index contributed by atoms with van der Waals surface area (Å²) in [4.78, 5) is 24.5. The molecular formula is C22H21N3O3. The number of aromatic nitrogens is 2. The van der Waals surface area contributed by atoms with Crippen molar-refractivity contribution >= 4 is 5.91 Å². The molecule has 2 heterocycles. The van der Waals surface area contributed by atoms with E-state index in [1.54, 1.807) is 12.1 Å². The van der Waals surface area contributed by atoms with E-state index in [0.29, 0.717) is 18.7 Å². The number of nitrogens with one attached hydrogen (secondary N) is 1. The first-order valence-corrected chi connectivity index (χ1v) is 9.38. The third kappa shape index (κ3) is 3.96. The zero-order valence-corrected chi connectivity index (χ0v) is 15.4. The number of carbonyl (C=O) groups excluding carboxylic acids is 1. The molecule has 4 rings (SSSR count). The van der Waals surface area contributed by atoms with E-state index in [1.807, 2.05) is 42.5 Å². The van der Waals surface area contributed by atoms with Crippen LogP contribution in [-0.2, 0) is 13.0 Å². The van der Waals surface area contributed by atoms with Crippen molar-refractivity contribution in [2.75, 3.05) is 13.2 Å². The maximum Gasteiger partial charge on any atom is 0.266 e. The lowest BCUT2D eigenvalue weighted by Crippen LogP contribution is -2.32. The number of fused-ring (bicyclic) bond motifs is 1. The lowest BCUT2D eigenvalue weighted by atomic mass is 10.0. The van der Waals surface area contributed by atoms with Gasteiger partial charge in [-0.25, -0.2) is 4.68 Å². The Morgan fingerprint density at radius 1 is 1.11 bits per heavy atom. The summed E-state index contributed by atoms with van der Waals surface area (Å²) in [6, 6.07) is 18.4. The van der Waals surface area contributed by atoms with Crippen molar-refractivity contribution < 1.29 is 9.53 Å². The second kappa shape index (κ2) is 8.08. The highest BCUT2D eigenvalue weighted by Gasteiger charge is 2.13. The fourth-order valence-corrected chi connectivity index (χ4v) is 3.25. The van der Waals surface area contributed by atoms with Crippen LogP contribution in [0.25, 0.3) is 11.3 Å². The van der Waals surface area contributed by atoms with Gasteiger partial charge in [0.15, 0.2) is 0 Å². The summed E-state index contributed by atoms with van der Waals surface area (Å²) in [5.41, 5.74) is 3.13. The van der Waals surface area contributed by atoms with Crippen LogP contribution in [0.15, 0.2) is 65.5 Å². The Kier molecular flexibility index (Phi) is 5.19. The van der Waals surface area contributed by atoms with E-state index in [4.69, 9.17) is 4.74 Å². The van der Waals surface area contributed by atoms with Gasteiger partial charge in [-0.15, -0.1) is 0 Å². The van der Waals surface area contributed by atoms with Gasteiger partial charge in [-0.3, -0.25) is 9.59 Å². The second-order valence-corrected chi connectivity index (χ2v) is 6.68. The van der Waals surface area contributed by atoms with Crippen LogP contribution in [0.4, 0.5) is 0 Å². The Labute approximate surface area is 162 Å². The van der Waals surface area contributed by atoms with E-state index in [9.17, 15) is 9.59 Å². The van der Waals surface area contributed by atoms with E-state index >= 15 is 0 Å². The van der Waals surface area contributed by atoms with Crippen molar-refractivity contribution in [2.24, 2.45) is 0 Å². The molecule has 0 saturated carbocycles. The van der Waals surface area contributed by atoms with Crippen LogP contribution in [0.3, 0.4) is 0 Å². The average Bonchev–Trinajstić information content (AvgIpc) is 2.75. The highest BCUT2D eigenvalue weighted by atomic mass is 16.5. The second-order valence-electron chi connectivity index (χ2n) is 6.68. The molecule has 0 aliphatic carbocycles. The van der Waals surface area contributed by atoms with Gasteiger partial charge in [0.2, 0.25) is 0 Å². The molecule has 0 atom stereocenters. The molecule has 6 heteroatoms. The van der Waals surface area contributed by atoms with Gasteiger partial charge in [0, 0.05) is 23.7 Å². The van der Waals surface area contributed by atoms with Gasteiger partial charge < -0.3 is 10.1 Å². The first-order chi connectivity index (χ1) is 13.7. The normalized spacial score (nSPS) is 12.7. The van der Waals surface area contributed by atoms with E-state index in [-0.39, 0.29) is 11.5 Å². The Morgan fingerprint density at radius 3 is 2.82 bits per heavy atom. The topological polar surface area (TPSA) is 73.2 Å². The Bertz CT molecular complexity index is 1040. The molecule has 0 unspecified atom stereocenters. The highest BCUT2D eigenvalue weighted by molar-refractivity contribution is 5.94. The van der Waals surface area contributed by atoms with Crippen molar-refractivity contribution in [3.05, 3.63) is 82.1 Å². The van der Waals surface area contributed by atoms with Gasteiger partial charge in [0.25, 0.3) is 11.5 Å². The number of ether oxygens (including phenoxy) is 1. The lowest BCUT2D eigenvalue weighted by Gasteiger charge is -2.17. The molecular weight excluding hydrogens is 354 g/mol. The molecule has 1 amide bonds. The predicted octanol–water partition coefficient (Wildman–Crippen LogP) is 2.67. The smallest absolute Gasteiger partial charge is 0.266 e. The fraction of sp³-hybridized carbons (Fsp3) is 0.227. The van der Waals surface area contributed by atoms with Crippen LogP contribution in [0, 0.1) is 0 Å². The molecule has 0 fully saturated rings. The van der Waals surface area contributed by atoms with Crippen molar-refractivity contribution in [3.63, 3.8) is 0 Å². The van der Waals surface area contributed by atoms with Crippen LogP contribution in [0.5, 0.6) is 5.75 Å². The summed E-state index contributed by atoms with van der Waals surface area (Å²) in [7, 11) is 0. The number of nitrogens with zero attached hydrogens (tertiary/aromatic N) is 2. The third-order valence-corrected chi connectivity index (χ3v) is 4.72. The minimum atomic E-state index is -0.195.